The first-order valence-corrected chi connectivity index (χ1v) is 12.9. The van der Waals surface area contributed by atoms with Gasteiger partial charge in [0.05, 0.1) is 18.7 Å². The van der Waals surface area contributed by atoms with Gasteiger partial charge < -0.3 is 15.4 Å². The summed E-state index contributed by atoms with van der Waals surface area (Å²) in [5.74, 6) is -0.565. The first kappa shape index (κ1) is 25.2. The molecule has 1 aromatic heterocycles. The number of anilines is 2. The van der Waals surface area contributed by atoms with Crippen LogP contribution in [-0.2, 0) is 22.5 Å². The standard InChI is InChI=1S/C26H37N3O3S/c1-5-22-18(3)24(26(31)32-6-2)25(33-22)28-23(30)16-27-21-15-11-10-12-19(21)17-29(4)20-13-8-7-9-14-20/h10-12,15,20,27H,5-9,13-14,16-17H2,1-4H3,(H,28,30). The minimum absolute atomic E-state index is 0.130. The van der Waals surface area contributed by atoms with Gasteiger partial charge >= 0.3 is 5.97 Å². The average molecular weight is 472 g/mol. The Morgan fingerprint density at radius 3 is 2.58 bits per heavy atom. The minimum atomic E-state index is -0.384. The molecule has 2 N–H and O–H groups in total. The molecule has 1 amide bonds. The number of hydrogen-bond donors (Lipinski definition) is 2. The second-order valence-electron chi connectivity index (χ2n) is 8.69. The van der Waals surface area contributed by atoms with Crippen molar-refractivity contribution in [2.75, 3.05) is 30.8 Å². The molecule has 0 radical (unpaired) electrons. The van der Waals surface area contributed by atoms with Crippen LogP contribution >= 0.6 is 11.3 Å². The highest BCUT2D eigenvalue weighted by atomic mass is 32.1. The summed E-state index contributed by atoms with van der Waals surface area (Å²) in [7, 11) is 2.20. The van der Waals surface area contributed by atoms with Gasteiger partial charge in [-0.2, -0.15) is 0 Å². The van der Waals surface area contributed by atoms with Gasteiger partial charge in [0, 0.05) is 23.2 Å². The number of thiophene rings is 1. The van der Waals surface area contributed by atoms with Crippen molar-refractivity contribution in [2.24, 2.45) is 0 Å². The number of benzene rings is 1. The highest BCUT2D eigenvalue weighted by Crippen LogP contribution is 2.34. The number of nitrogens with zero attached hydrogens (tertiary/aromatic N) is 1. The number of para-hydroxylation sites is 1. The zero-order valence-corrected chi connectivity index (χ0v) is 21.1. The molecule has 180 valence electrons. The number of rotatable bonds is 10. The third-order valence-corrected chi connectivity index (χ3v) is 7.73. The van der Waals surface area contributed by atoms with Crippen LogP contribution in [0, 0.1) is 6.92 Å². The van der Waals surface area contributed by atoms with Crippen molar-refractivity contribution < 1.29 is 14.3 Å². The summed E-state index contributed by atoms with van der Waals surface area (Å²) >= 11 is 1.45. The summed E-state index contributed by atoms with van der Waals surface area (Å²) in [5, 5.41) is 6.80. The minimum Gasteiger partial charge on any atom is -0.462 e. The van der Waals surface area contributed by atoms with Crippen molar-refractivity contribution in [2.45, 2.75) is 71.9 Å². The molecule has 1 saturated carbocycles. The molecule has 1 heterocycles. The van der Waals surface area contributed by atoms with Gasteiger partial charge in [-0.15, -0.1) is 11.3 Å². The second kappa shape index (κ2) is 12.2. The molecule has 33 heavy (non-hydrogen) atoms. The Balaban J connectivity index is 1.64. The molecule has 0 atom stereocenters. The Hall–Kier alpha value is -2.38. The Morgan fingerprint density at radius 2 is 1.88 bits per heavy atom. The third kappa shape index (κ3) is 6.58. The van der Waals surface area contributed by atoms with E-state index in [-0.39, 0.29) is 18.4 Å². The molecule has 0 aliphatic heterocycles. The number of amides is 1. The SMILES string of the molecule is CCOC(=O)c1c(NC(=O)CNc2ccccc2CN(C)C2CCCCC2)sc(CC)c1C. The molecule has 6 nitrogen and oxygen atoms in total. The van der Waals surface area contributed by atoms with Crippen LogP contribution < -0.4 is 10.6 Å². The predicted molar refractivity (Wildman–Crippen MR) is 136 cm³/mol. The summed E-state index contributed by atoms with van der Waals surface area (Å²) in [6, 6.07) is 8.80. The fraction of sp³-hybridized carbons (Fsp3) is 0.538. The van der Waals surface area contributed by atoms with E-state index in [0.717, 1.165) is 29.1 Å². The highest BCUT2D eigenvalue weighted by Gasteiger charge is 2.23. The van der Waals surface area contributed by atoms with Crippen molar-refractivity contribution in [3.8, 4) is 0 Å². The molecule has 7 heteroatoms. The molecule has 1 aromatic carbocycles. The highest BCUT2D eigenvalue weighted by molar-refractivity contribution is 7.17. The first-order valence-electron chi connectivity index (χ1n) is 12.1. The number of ether oxygens (including phenoxy) is 1. The van der Waals surface area contributed by atoms with Gasteiger partial charge in [-0.1, -0.05) is 44.4 Å². The fourth-order valence-electron chi connectivity index (χ4n) is 4.53. The van der Waals surface area contributed by atoms with E-state index in [1.54, 1.807) is 6.92 Å². The number of nitrogens with one attached hydrogen (secondary N) is 2. The molecule has 0 bridgehead atoms. The van der Waals surface area contributed by atoms with Gasteiger partial charge in [0.25, 0.3) is 0 Å². The molecule has 0 unspecified atom stereocenters. The quantitative estimate of drug-likeness (QED) is 0.441. The number of aryl methyl sites for hydroxylation is 1. The lowest BCUT2D eigenvalue weighted by molar-refractivity contribution is -0.114. The van der Waals surface area contributed by atoms with Gasteiger partial charge in [0.1, 0.15) is 5.00 Å². The first-order chi connectivity index (χ1) is 15.9. The molecular formula is C26H37N3O3S. The van der Waals surface area contributed by atoms with Crippen LogP contribution in [0.15, 0.2) is 24.3 Å². The summed E-state index contributed by atoms with van der Waals surface area (Å²) < 4.78 is 5.22. The van der Waals surface area contributed by atoms with E-state index in [2.05, 4.69) is 28.6 Å². The Kier molecular flexibility index (Phi) is 9.32. The largest absolute Gasteiger partial charge is 0.462 e. The van der Waals surface area contributed by atoms with Crippen LogP contribution in [0.3, 0.4) is 0 Å². The van der Waals surface area contributed by atoms with Crippen LogP contribution in [0.5, 0.6) is 0 Å². The lowest BCUT2D eigenvalue weighted by Gasteiger charge is -2.31. The lowest BCUT2D eigenvalue weighted by Crippen LogP contribution is -2.33. The van der Waals surface area contributed by atoms with Gasteiger partial charge in [-0.25, -0.2) is 4.79 Å². The number of carbonyl (C=O) groups is 2. The molecular weight excluding hydrogens is 434 g/mol. The van der Waals surface area contributed by atoms with E-state index < -0.39 is 0 Å². The zero-order chi connectivity index (χ0) is 23.8. The van der Waals surface area contributed by atoms with Crippen LogP contribution in [0.1, 0.15) is 72.3 Å². The maximum absolute atomic E-state index is 12.8. The van der Waals surface area contributed by atoms with E-state index in [0.29, 0.717) is 23.2 Å². The molecule has 3 rings (SSSR count). The zero-order valence-electron chi connectivity index (χ0n) is 20.3. The second-order valence-corrected chi connectivity index (χ2v) is 9.80. The van der Waals surface area contributed by atoms with Gasteiger partial charge in [0.2, 0.25) is 5.91 Å². The van der Waals surface area contributed by atoms with Crippen LogP contribution in [0.4, 0.5) is 10.7 Å². The normalized spacial score (nSPS) is 14.3. The van der Waals surface area contributed by atoms with Gasteiger partial charge in [0.15, 0.2) is 0 Å². The molecule has 0 spiro atoms. The van der Waals surface area contributed by atoms with Crippen molar-refractivity contribution in [1.29, 1.82) is 0 Å². The van der Waals surface area contributed by atoms with E-state index in [9.17, 15) is 9.59 Å². The monoisotopic (exact) mass is 471 g/mol. The predicted octanol–water partition coefficient (Wildman–Crippen LogP) is 5.61. The van der Waals surface area contributed by atoms with Crippen LogP contribution in [0.2, 0.25) is 0 Å². The van der Waals surface area contributed by atoms with Crippen LogP contribution in [0.25, 0.3) is 0 Å². The van der Waals surface area contributed by atoms with Crippen LogP contribution in [-0.4, -0.2) is 43.0 Å². The van der Waals surface area contributed by atoms with Crippen molar-refractivity contribution in [1.82, 2.24) is 4.90 Å². The fourth-order valence-corrected chi connectivity index (χ4v) is 5.68. The Bertz CT molecular complexity index is 950. The van der Waals surface area contributed by atoms with Gasteiger partial charge in [-0.3, -0.25) is 9.69 Å². The summed E-state index contributed by atoms with van der Waals surface area (Å²) in [6.07, 6.45) is 7.29. The molecule has 1 aliphatic rings. The topological polar surface area (TPSA) is 70.7 Å². The number of carbonyl (C=O) groups excluding carboxylic acids is 2. The number of esters is 1. The maximum Gasteiger partial charge on any atom is 0.341 e. The van der Waals surface area contributed by atoms with E-state index in [4.69, 9.17) is 4.74 Å². The summed E-state index contributed by atoms with van der Waals surface area (Å²) in [4.78, 5) is 28.8. The molecule has 1 aliphatic carbocycles. The van der Waals surface area contributed by atoms with Crippen molar-refractivity contribution >= 4 is 33.9 Å². The molecule has 1 fully saturated rings. The molecule has 2 aromatic rings. The van der Waals surface area contributed by atoms with Crippen molar-refractivity contribution in [3.63, 3.8) is 0 Å². The number of hydrogen-bond acceptors (Lipinski definition) is 6. The average Bonchev–Trinajstić information content (AvgIpc) is 3.13. The third-order valence-electron chi connectivity index (χ3n) is 6.37. The molecule has 0 saturated heterocycles. The summed E-state index contributed by atoms with van der Waals surface area (Å²) in [5.41, 5.74) is 3.52. The Labute approximate surface area is 201 Å². The maximum atomic E-state index is 12.8. The van der Waals surface area contributed by atoms with E-state index >= 15 is 0 Å². The van der Waals surface area contributed by atoms with Gasteiger partial charge in [-0.05, 0) is 57.4 Å². The lowest BCUT2D eigenvalue weighted by atomic mass is 9.94. The summed E-state index contributed by atoms with van der Waals surface area (Å²) in [6.45, 7) is 7.02. The smallest absolute Gasteiger partial charge is 0.341 e. The van der Waals surface area contributed by atoms with E-state index in [1.807, 2.05) is 32.0 Å². The Morgan fingerprint density at radius 1 is 1.15 bits per heavy atom. The van der Waals surface area contributed by atoms with Crippen molar-refractivity contribution in [3.05, 3.63) is 45.8 Å². The van der Waals surface area contributed by atoms with E-state index in [1.165, 1.54) is 49.0 Å².